The second-order valence-electron chi connectivity index (χ2n) is 12.7. The van der Waals surface area contributed by atoms with Crippen LogP contribution in [-0.2, 0) is 25.7 Å². The Kier molecular flexibility index (Phi) is 11.1. The fourth-order valence-corrected chi connectivity index (χ4v) is 6.53. The van der Waals surface area contributed by atoms with Gasteiger partial charge in [0.1, 0.15) is 0 Å². The molecular formula is C31H49N3O8. The summed E-state index contributed by atoms with van der Waals surface area (Å²) < 4.78 is 22.9. The lowest BCUT2D eigenvalue weighted by atomic mass is 9.77. The predicted octanol–water partition coefficient (Wildman–Crippen LogP) is 2.75. The first kappa shape index (κ1) is 32.5. The van der Waals surface area contributed by atoms with Gasteiger partial charge in [0, 0.05) is 42.6 Å². The number of unbranched alkanes of at least 4 members (excludes halogenated alkanes) is 1. The van der Waals surface area contributed by atoms with Crippen molar-refractivity contribution in [2.24, 2.45) is 11.3 Å². The summed E-state index contributed by atoms with van der Waals surface area (Å²) in [5.41, 5.74) is 0.842. The minimum atomic E-state index is -0.916. The number of hydrogen-bond donors (Lipinski definition) is 2. The number of carboxylic acid groups (broad SMARTS) is 1. The molecule has 42 heavy (non-hydrogen) atoms. The van der Waals surface area contributed by atoms with Gasteiger partial charge in [-0.25, -0.2) is 0 Å². The molecule has 3 heterocycles. The van der Waals surface area contributed by atoms with Gasteiger partial charge in [-0.3, -0.25) is 14.5 Å². The number of aliphatic hydroxyl groups is 1. The van der Waals surface area contributed by atoms with E-state index in [0.29, 0.717) is 56.3 Å². The standard InChI is InChI=1S/C31H49N3O8/c1-6-7-10-33(11-8-9-32(4)5)26(36)18-34-17-23(21-14-22(19-35)28-25(15-21)41-20-42-28)27(29(37)38)24(34)16-31(2,3)30-39-12-13-40-30/h14-15,23-24,27,30,35H,6-13,16-20H2,1-5H3,(H,37,38)/t23-,24+,27-/m1/s1. The number of nitrogens with zero attached hydrogens (tertiary/aromatic N) is 3. The zero-order chi connectivity index (χ0) is 30.4. The molecule has 236 valence electrons. The van der Waals surface area contributed by atoms with Gasteiger partial charge in [-0.05, 0) is 57.6 Å². The molecule has 1 aromatic carbocycles. The van der Waals surface area contributed by atoms with Gasteiger partial charge in [0.2, 0.25) is 12.7 Å². The lowest BCUT2D eigenvalue weighted by molar-refractivity contribution is -0.148. The van der Waals surface area contributed by atoms with Gasteiger partial charge in [0.05, 0.1) is 32.3 Å². The third kappa shape index (κ3) is 7.55. The van der Waals surface area contributed by atoms with Crippen LogP contribution in [0.5, 0.6) is 11.5 Å². The fourth-order valence-electron chi connectivity index (χ4n) is 6.53. The first-order chi connectivity index (χ1) is 20.1. The van der Waals surface area contributed by atoms with Gasteiger partial charge in [0.25, 0.3) is 0 Å². The van der Waals surface area contributed by atoms with Crippen LogP contribution in [0.25, 0.3) is 0 Å². The zero-order valence-electron chi connectivity index (χ0n) is 25.8. The van der Waals surface area contributed by atoms with Crippen molar-refractivity contribution in [3.63, 3.8) is 0 Å². The van der Waals surface area contributed by atoms with E-state index >= 15 is 0 Å². The molecule has 2 fully saturated rings. The van der Waals surface area contributed by atoms with Crippen LogP contribution < -0.4 is 9.47 Å². The minimum Gasteiger partial charge on any atom is -0.481 e. The highest BCUT2D eigenvalue weighted by molar-refractivity contribution is 5.79. The summed E-state index contributed by atoms with van der Waals surface area (Å²) in [6.07, 6.45) is 2.81. The Balaban J connectivity index is 1.64. The number of ether oxygens (including phenoxy) is 4. The first-order valence-corrected chi connectivity index (χ1v) is 15.2. The number of aliphatic hydroxyl groups excluding tert-OH is 1. The highest BCUT2D eigenvalue weighted by Crippen LogP contribution is 2.47. The van der Waals surface area contributed by atoms with Gasteiger partial charge >= 0.3 is 5.97 Å². The third-order valence-electron chi connectivity index (χ3n) is 8.70. The minimum absolute atomic E-state index is 0.0184. The first-order valence-electron chi connectivity index (χ1n) is 15.2. The van der Waals surface area contributed by atoms with E-state index in [1.165, 1.54) is 0 Å². The van der Waals surface area contributed by atoms with Gasteiger partial charge in [-0.1, -0.05) is 27.2 Å². The van der Waals surface area contributed by atoms with Crippen LogP contribution in [0.2, 0.25) is 0 Å². The van der Waals surface area contributed by atoms with Crippen molar-refractivity contribution in [3.8, 4) is 11.5 Å². The summed E-state index contributed by atoms with van der Waals surface area (Å²) in [6.45, 7) is 9.76. The van der Waals surface area contributed by atoms with Crippen LogP contribution in [-0.4, -0.2) is 116 Å². The quantitative estimate of drug-likeness (QED) is 0.315. The van der Waals surface area contributed by atoms with Gasteiger partial charge in [0.15, 0.2) is 17.8 Å². The summed E-state index contributed by atoms with van der Waals surface area (Å²) >= 11 is 0. The molecule has 0 bridgehead atoms. The Labute approximate surface area is 249 Å². The summed E-state index contributed by atoms with van der Waals surface area (Å²) in [5.74, 6) is -1.10. The summed E-state index contributed by atoms with van der Waals surface area (Å²) in [4.78, 5) is 32.9. The fraction of sp³-hybridized carbons (Fsp3) is 0.742. The number of carbonyl (C=O) groups excluding carboxylic acids is 1. The Hall–Kier alpha value is -2.44. The van der Waals surface area contributed by atoms with E-state index in [0.717, 1.165) is 31.4 Å². The highest BCUT2D eigenvalue weighted by Gasteiger charge is 2.51. The maximum atomic E-state index is 13.8. The average Bonchev–Trinajstić information content (AvgIpc) is 3.70. The Morgan fingerprint density at radius 2 is 1.79 bits per heavy atom. The maximum absolute atomic E-state index is 13.8. The van der Waals surface area contributed by atoms with Crippen molar-refractivity contribution >= 4 is 11.9 Å². The lowest BCUT2D eigenvalue weighted by Gasteiger charge is -2.37. The van der Waals surface area contributed by atoms with Gasteiger partial charge in [-0.15, -0.1) is 0 Å². The molecule has 4 rings (SSSR count). The number of rotatable bonds is 15. The molecule has 11 nitrogen and oxygen atoms in total. The number of fused-ring (bicyclic) bond motifs is 1. The van der Waals surface area contributed by atoms with E-state index in [-0.39, 0.29) is 25.9 Å². The Morgan fingerprint density at radius 1 is 1.07 bits per heavy atom. The summed E-state index contributed by atoms with van der Waals surface area (Å²) in [5, 5.41) is 20.7. The van der Waals surface area contributed by atoms with Crippen LogP contribution >= 0.6 is 0 Å². The maximum Gasteiger partial charge on any atom is 0.308 e. The van der Waals surface area contributed by atoms with Crippen LogP contribution in [0.15, 0.2) is 12.1 Å². The number of carbonyl (C=O) groups is 2. The number of hydrogen-bond acceptors (Lipinski definition) is 9. The van der Waals surface area contributed by atoms with E-state index in [4.69, 9.17) is 18.9 Å². The monoisotopic (exact) mass is 591 g/mol. The van der Waals surface area contributed by atoms with E-state index in [2.05, 4.69) is 16.7 Å². The van der Waals surface area contributed by atoms with E-state index in [1.807, 2.05) is 45.0 Å². The van der Waals surface area contributed by atoms with E-state index in [9.17, 15) is 19.8 Å². The van der Waals surface area contributed by atoms with Crippen LogP contribution in [0.1, 0.15) is 63.5 Å². The predicted molar refractivity (Wildman–Crippen MR) is 156 cm³/mol. The number of likely N-dealkylation sites (tertiary alicyclic amines) is 1. The van der Waals surface area contributed by atoms with Crippen molar-refractivity contribution in [3.05, 3.63) is 23.3 Å². The van der Waals surface area contributed by atoms with Crippen molar-refractivity contribution in [1.29, 1.82) is 0 Å². The number of amides is 1. The molecule has 0 saturated carbocycles. The molecular weight excluding hydrogens is 542 g/mol. The number of benzene rings is 1. The molecule has 11 heteroatoms. The largest absolute Gasteiger partial charge is 0.481 e. The van der Waals surface area contributed by atoms with Crippen LogP contribution in [0, 0.1) is 11.3 Å². The normalized spacial score (nSPS) is 22.8. The van der Waals surface area contributed by atoms with Gasteiger partial charge in [-0.2, -0.15) is 0 Å². The van der Waals surface area contributed by atoms with Crippen molar-refractivity contribution in [2.45, 2.75) is 71.3 Å². The zero-order valence-corrected chi connectivity index (χ0v) is 25.8. The molecule has 1 amide bonds. The van der Waals surface area contributed by atoms with Crippen LogP contribution in [0.3, 0.4) is 0 Å². The van der Waals surface area contributed by atoms with Crippen molar-refractivity contribution in [1.82, 2.24) is 14.7 Å². The molecule has 3 aliphatic rings. The molecule has 0 radical (unpaired) electrons. The van der Waals surface area contributed by atoms with Crippen molar-refractivity contribution in [2.75, 3.05) is 66.8 Å². The van der Waals surface area contributed by atoms with Crippen molar-refractivity contribution < 1.29 is 38.7 Å². The third-order valence-corrected chi connectivity index (χ3v) is 8.70. The molecule has 0 unspecified atom stereocenters. The SMILES string of the molecule is CCCCN(CCCN(C)C)C(=O)CN1C[C@H](c2cc(CO)c3c(c2)OCO3)[C@@H](C(=O)O)[C@@H]1CC(C)(C)C1OCCO1. The number of carboxylic acids is 1. The molecule has 1 aromatic rings. The second kappa shape index (κ2) is 14.4. The molecule has 3 aliphatic heterocycles. The molecule has 0 aliphatic carbocycles. The topological polar surface area (TPSA) is 121 Å². The lowest BCUT2D eigenvalue weighted by Crippen LogP contribution is -2.47. The Morgan fingerprint density at radius 3 is 2.43 bits per heavy atom. The van der Waals surface area contributed by atoms with Gasteiger partial charge < -0.3 is 39.0 Å². The average molecular weight is 592 g/mol. The molecule has 0 aromatic heterocycles. The molecule has 2 saturated heterocycles. The molecule has 3 atom stereocenters. The molecule has 0 spiro atoms. The van der Waals surface area contributed by atoms with E-state index in [1.54, 1.807) is 0 Å². The highest BCUT2D eigenvalue weighted by atomic mass is 16.7. The second-order valence-corrected chi connectivity index (χ2v) is 12.7. The molecule has 2 N–H and O–H groups in total. The number of aliphatic carboxylic acids is 1. The smallest absolute Gasteiger partial charge is 0.308 e. The van der Waals surface area contributed by atoms with Crippen LogP contribution in [0.4, 0.5) is 0 Å². The summed E-state index contributed by atoms with van der Waals surface area (Å²) in [7, 11) is 4.05. The van der Waals surface area contributed by atoms with E-state index < -0.39 is 35.6 Å². The summed E-state index contributed by atoms with van der Waals surface area (Å²) in [6, 6.07) is 3.21. The Bertz CT molecular complexity index is 1070.